The van der Waals surface area contributed by atoms with E-state index in [-0.39, 0.29) is 5.91 Å². The van der Waals surface area contributed by atoms with Crippen molar-refractivity contribution < 1.29 is 23.5 Å². The van der Waals surface area contributed by atoms with Gasteiger partial charge in [-0.1, -0.05) is 0 Å². The van der Waals surface area contributed by atoms with Crippen molar-refractivity contribution in [2.75, 3.05) is 13.7 Å². The first-order valence-corrected chi connectivity index (χ1v) is 7.39. The Morgan fingerprint density at radius 3 is 2.83 bits per heavy atom. The smallest absolute Gasteiger partial charge is 0.273 e. The van der Waals surface area contributed by atoms with Gasteiger partial charge in [-0.25, -0.2) is 0 Å². The Labute approximate surface area is 132 Å². The molecule has 2 heterocycles. The summed E-state index contributed by atoms with van der Waals surface area (Å²) < 4.78 is 16.0. The van der Waals surface area contributed by atoms with Gasteiger partial charge in [-0.05, 0) is 38.0 Å². The molecule has 0 saturated carbocycles. The van der Waals surface area contributed by atoms with E-state index < -0.39 is 12.0 Å². The molecule has 1 aliphatic heterocycles. The van der Waals surface area contributed by atoms with Gasteiger partial charge in [0, 0.05) is 12.0 Å². The van der Waals surface area contributed by atoms with E-state index in [0.29, 0.717) is 41.1 Å². The van der Waals surface area contributed by atoms with Crippen LogP contribution in [0.4, 0.5) is 0 Å². The molecule has 1 unspecified atom stereocenters. The van der Waals surface area contributed by atoms with Gasteiger partial charge in [0.15, 0.2) is 0 Å². The number of benzene rings is 1. The van der Waals surface area contributed by atoms with Gasteiger partial charge in [0.05, 0.1) is 12.7 Å². The summed E-state index contributed by atoms with van der Waals surface area (Å²) in [6, 6.07) is 5.22. The van der Waals surface area contributed by atoms with Crippen LogP contribution in [-0.2, 0) is 9.53 Å². The first-order chi connectivity index (χ1) is 11.1. The lowest BCUT2D eigenvalue weighted by Gasteiger charge is -2.11. The number of hydrogen-bond donors (Lipinski definition) is 2. The van der Waals surface area contributed by atoms with Crippen LogP contribution in [0.2, 0.25) is 0 Å². The highest BCUT2D eigenvalue weighted by molar-refractivity contribution is 6.08. The Morgan fingerprint density at radius 1 is 1.30 bits per heavy atom. The van der Waals surface area contributed by atoms with Crippen molar-refractivity contribution in [3.8, 4) is 5.75 Å². The third-order valence-electron chi connectivity index (χ3n) is 3.82. The van der Waals surface area contributed by atoms with Crippen LogP contribution in [0.5, 0.6) is 5.75 Å². The molecule has 1 aromatic heterocycles. The van der Waals surface area contributed by atoms with Crippen LogP contribution in [0.15, 0.2) is 22.6 Å². The molecule has 122 valence electrons. The maximum absolute atomic E-state index is 12.4. The molecule has 1 saturated heterocycles. The Kier molecular flexibility index (Phi) is 4.20. The average molecular weight is 318 g/mol. The lowest BCUT2D eigenvalue weighted by molar-refractivity contribution is -0.130. The van der Waals surface area contributed by atoms with Crippen molar-refractivity contribution in [3.05, 3.63) is 29.5 Å². The van der Waals surface area contributed by atoms with Gasteiger partial charge in [-0.3, -0.25) is 20.4 Å². The highest BCUT2D eigenvalue weighted by Crippen LogP contribution is 2.28. The molecule has 0 spiro atoms. The first kappa shape index (κ1) is 15.4. The second-order valence-electron chi connectivity index (χ2n) is 5.34. The molecule has 23 heavy (non-hydrogen) atoms. The molecular formula is C16H18N2O5. The van der Waals surface area contributed by atoms with Crippen molar-refractivity contribution in [3.63, 3.8) is 0 Å². The van der Waals surface area contributed by atoms with E-state index >= 15 is 0 Å². The summed E-state index contributed by atoms with van der Waals surface area (Å²) in [4.78, 5) is 24.3. The quantitative estimate of drug-likeness (QED) is 0.841. The van der Waals surface area contributed by atoms with E-state index in [9.17, 15) is 9.59 Å². The molecule has 1 atom stereocenters. The highest BCUT2D eigenvalue weighted by atomic mass is 16.5. The zero-order chi connectivity index (χ0) is 16.4. The summed E-state index contributed by atoms with van der Waals surface area (Å²) in [6.45, 7) is 2.26. The minimum absolute atomic E-state index is 0.348. The topological polar surface area (TPSA) is 89.8 Å². The molecule has 1 aliphatic rings. The minimum Gasteiger partial charge on any atom is -0.497 e. The van der Waals surface area contributed by atoms with Crippen molar-refractivity contribution in [2.24, 2.45) is 0 Å². The van der Waals surface area contributed by atoms with Gasteiger partial charge >= 0.3 is 0 Å². The third-order valence-corrected chi connectivity index (χ3v) is 3.82. The molecule has 7 nitrogen and oxygen atoms in total. The molecule has 1 aromatic carbocycles. The molecule has 2 aromatic rings. The van der Waals surface area contributed by atoms with Crippen molar-refractivity contribution in [2.45, 2.75) is 25.9 Å². The number of amides is 2. The number of hydrazine groups is 1. The lowest BCUT2D eigenvalue weighted by Crippen LogP contribution is -2.46. The van der Waals surface area contributed by atoms with Crippen LogP contribution in [0.1, 0.15) is 29.0 Å². The molecule has 1 fully saturated rings. The van der Waals surface area contributed by atoms with E-state index in [2.05, 4.69) is 10.9 Å². The number of ether oxygens (including phenoxy) is 2. The summed E-state index contributed by atoms with van der Waals surface area (Å²) in [7, 11) is 1.55. The Morgan fingerprint density at radius 2 is 2.13 bits per heavy atom. The number of rotatable bonds is 3. The summed E-state index contributed by atoms with van der Waals surface area (Å²) in [5.74, 6) is 0.299. The van der Waals surface area contributed by atoms with Gasteiger partial charge in [0.1, 0.15) is 23.2 Å². The van der Waals surface area contributed by atoms with E-state index in [1.165, 1.54) is 0 Å². The van der Waals surface area contributed by atoms with Crippen LogP contribution in [-0.4, -0.2) is 31.6 Å². The highest BCUT2D eigenvalue weighted by Gasteiger charge is 2.25. The first-order valence-electron chi connectivity index (χ1n) is 7.39. The lowest BCUT2D eigenvalue weighted by atomic mass is 10.1. The number of methoxy groups -OCH3 is 1. The fourth-order valence-electron chi connectivity index (χ4n) is 2.65. The van der Waals surface area contributed by atoms with E-state index in [4.69, 9.17) is 13.9 Å². The number of fused-ring (bicyclic) bond motifs is 1. The zero-order valence-corrected chi connectivity index (χ0v) is 13.0. The molecule has 0 aliphatic carbocycles. The predicted octanol–water partition coefficient (Wildman–Crippen LogP) is 1.69. The van der Waals surface area contributed by atoms with E-state index in [1.807, 2.05) is 0 Å². The second-order valence-corrected chi connectivity index (χ2v) is 5.34. The molecule has 2 N–H and O–H groups in total. The average Bonchev–Trinajstić information content (AvgIpc) is 3.18. The van der Waals surface area contributed by atoms with Crippen molar-refractivity contribution >= 4 is 22.8 Å². The Bertz CT molecular complexity index is 746. The van der Waals surface area contributed by atoms with Gasteiger partial charge in [-0.15, -0.1) is 0 Å². The molecule has 2 amide bonds. The summed E-state index contributed by atoms with van der Waals surface area (Å²) in [5, 5.41) is 0.630. The van der Waals surface area contributed by atoms with Crippen LogP contribution < -0.4 is 15.6 Å². The largest absolute Gasteiger partial charge is 0.497 e. The summed E-state index contributed by atoms with van der Waals surface area (Å²) in [6.07, 6.45) is 1.00. The van der Waals surface area contributed by atoms with Crippen molar-refractivity contribution in [1.29, 1.82) is 0 Å². The molecular weight excluding hydrogens is 300 g/mol. The number of carbonyl (C=O) groups excluding carboxylic acids is 2. The molecule has 0 bridgehead atoms. The predicted molar refractivity (Wildman–Crippen MR) is 82.1 cm³/mol. The maximum atomic E-state index is 12.4. The number of hydrogen-bond acceptors (Lipinski definition) is 5. The fraction of sp³-hybridized carbons (Fsp3) is 0.375. The fourth-order valence-corrected chi connectivity index (χ4v) is 2.65. The standard InChI is InChI=1S/C16H18N2O5/c1-9-14(11-8-10(21-2)5-6-12(11)23-9)16(20)18-17-15(19)13-4-3-7-22-13/h5-6,8,13H,3-4,7H2,1-2H3,(H,17,19)(H,18,20). The van der Waals surface area contributed by atoms with Gasteiger partial charge in [0.25, 0.3) is 11.8 Å². The van der Waals surface area contributed by atoms with Crippen LogP contribution in [0, 0.1) is 6.92 Å². The number of furan rings is 1. The molecule has 3 rings (SSSR count). The SMILES string of the molecule is COc1ccc2oc(C)c(C(=O)NNC(=O)C3CCCO3)c2c1. The second kappa shape index (κ2) is 6.29. The summed E-state index contributed by atoms with van der Waals surface area (Å²) >= 11 is 0. The van der Waals surface area contributed by atoms with Gasteiger partial charge < -0.3 is 13.9 Å². The maximum Gasteiger partial charge on any atom is 0.273 e. The number of carbonyl (C=O) groups is 2. The van der Waals surface area contributed by atoms with Crippen LogP contribution in [0.3, 0.4) is 0 Å². The molecule has 7 heteroatoms. The Hall–Kier alpha value is -2.54. The number of nitrogens with one attached hydrogen (secondary N) is 2. The normalized spacial score (nSPS) is 17.2. The Balaban J connectivity index is 1.77. The van der Waals surface area contributed by atoms with E-state index in [0.717, 1.165) is 6.42 Å². The van der Waals surface area contributed by atoms with Gasteiger partial charge in [0.2, 0.25) is 0 Å². The third kappa shape index (κ3) is 3.00. The molecule has 0 radical (unpaired) electrons. The van der Waals surface area contributed by atoms with Crippen molar-refractivity contribution in [1.82, 2.24) is 10.9 Å². The van der Waals surface area contributed by atoms with Crippen LogP contribution in [0.25, 0.3) is 11.0 Å². The van der Waals surface area contributed by atoms with Crippen LogP contribution >= 0.6 is 0 Å². The zero-order valence-electron chi connectivity index (χ0n) is 13.0. The number of aryl methyl sites for hydroxylation is 1. The monoisotopic (exact) mass is 318 g/mol. The summed E-state index contributed by atoms with van der Waals surface area (Å²) in [5.41, 5.74) is 5.76. The van der Waals surface area contributed by atoms with E-state index in [1.54, 1.807) is 32.2 Å². The van der Waals surface area contributed by atoms with Gasteiger partial charge in [-0.2, -0.15) is 0 Å². The minimum atomic E-state index is -0.502.